The number of nitrogens with zero attached hydrogens (tertiary/aromatic N) is 1. The van der Waals surface area contributed by atoms with E-state index in [1.165, 1.54) is 18.2 Å². The van der Waals surface area contributed by atoms with Gasteiger partial charge >= 0.3 is 0 Å². The van der Waals surface area contributed by atoms with Crippen LogP contribution < -0.4 is 10.0 Å². The molecule has 26 heavy (non-hydrogen) atoms. The van der Waals surface area contributed by atoms with Crippen LogP contribution in [0.25, 0.3) is 6.08 Å². The van der Waals surface area contributed by atoms with Gasteiger partial charge in [-0.15, -0.1) is 0 Å². The van der Waals surface area contributed by atoms with E-state index in [1.54, 1.807) is 18.2 Å². The molecule has 7 heteroatoms. The number of amidine groups is 1. The van der Waals surface area contributed by atoms with Gasteiger partial charge in [-0.2, -0.15) is 0 Å². The van der Waals surface area contributed by atoms with Crippen molar-refractivity contribution < 1.29 is 13.2 Å². The second kappa shape index (κ2) is 7.97. The van der Waals surface area contributed by atoms with E-state index in [2.05, 4.69) is 15.0 Å². The Morgan fingerprint density at radius 1 is 1.08 bits per heavy atom. The molecule has 134 valence electrons. The van der Waals surface area contributed by atoms with Crippen molar-refractivity contribution in [1.82, 2.24) is 4.72 Å². The Bertz CT molecular complexity index is 951. The highest BCUT2D eigenvalue weighted by Crippen LogP contribution is 2.16. The van der Waals surface area contributed by atoms with E-state index in [-0.39, 0.29) is 10.8 Å². The minimum absolute atomic E-state index is 0.0805. The molecular weight excluding hydrogens is 350 g/mol. The summed E-state index contributed by atoms with van der Waals surface area (Å²) in [6.07, 6.45) is 4.57. The van der Waals surface area contributed by atoms with Crippen LogP contribution in [0.1, 0.15) is 18.4 Å². The maximum Gasteiger partial charge on any atom is 0.262 e. The molecule has 0 unspecified atom stereocenters. The second-order valence-corrected chi connectivity index (χ2v) is 7.48. The lowest BCUT2D eigenvalue weighted by atomic mass is 10.2. The van der Waals surface area contributed by atoms with Crippen molar-refractivity contribution in [2.24, 2.45) is 4.99 Å². The molecule has 1 heterocycles. The fourth-order valence-electron chi connectivity index (χ4n) is 2.50. The Labute approximate surface area is 152 Å². The van der Waals surface area contributed by atoms with Crippen molar-refractivity contribution in [3.05, 3.63) is 66.2 Å². The van der Waals surface area contributed by atoms with Gasteiger partial charge in [-0.1, -0.05) is 36.4 Å². The van der Waals surface area contributed by atoms with Crippen LogP contribution in [0.3, 0.4) is 0 Å². The van der Waals surface area contributed by atoms with E-state index in [4.69, 9.17) is 0 Å². The summed E-state index contributed by atoms with van der Waals surface area (Å²) in [5.41, 5.74) is 1.31. The van der Waals surface area contributed by atoms with Crippen LogP contribution in [0.2, 0.25) is 0 Å². The number of amides is 1. The Hall–Kier alpha value is -2.93. The van der Waals surface area contributed by atoms with Crippen LogP contribution in [0.15, 0.2) is 70.6 Å². The van der Waals surface area contributed by atoms with Crippen LogP contribution >= 0.6 is 0 Å². The largest absolute Gasteiger partial charge is 0.322 e. The van der Waals surface area contributed by atoms with Gasteiger partial charge in [-0.3, -0.25) is 14.5 Å². The molecule has 1 amide bonds. The molecule has 0 atom stereocenters. The Morgan fingerprint density at radius 3 is 2.62 bits per heavy atom. The van der Waals surface area contributed by atoms with Gasteiger partial charge in [0.05, 0.1) is 4.90 Å². The van der Waals surface area contributed by atoms with Crippen molar-refractivity contribution >= 4 is 33.5 Å². The standard InChI is InChI=1S/C19H19N3O3S/c23-19(12-11-15-6-2-1-3-7-15)21-16-8-4-9-17(14-16)26(24,25)22-18-10-5-13-20-18/h1-4,6-9,11-12,14H,5,10,13H2,(H,20,22)(H,21,23)/b12-11+. The third-order valence-electron chi connectivity index (χ3n) is 3.77. The highest BCUT2D eigenvalue weighted by Gasteiger charge is 2.18. The first-order valence-electron chi connectivity index (χ1n) is 8.23. The van der Waals surface area contributed by atoms with Gasteiger partial charge in [0.15, 0.2) is 0 Å². The van der Waals surface area contributed by atoms with E-state index in [1.807, 2.05) is 30.3 Å². The minimum Gasteiger partial charge on any atom is -0.322 e. The summed E-state index contributed by atoms with van der Waals surface area (Å²) in [5.74, 6) is 0.141. The maximum atomic E-state index is 12.4. The van der Waals surface area contributed by atoms with Gasteiger partial charge in [0.2, 0.25) is 5.91 Å². The number of rotatable bonds is 5. The van der Waals surface area contributed by atoms with Crippen molar-refractivity contribution in [2.75, 3.05) is 11.9 Å². The Morgan fingerprint density at radius 2 is 1.88 bits per heavy atom. The molecule has 0 spiro atoms. The van der Waals surface area contributed by atoms with E-state index in [0.29, 0.717) is 24.5 Å². The highest BCUT2D eigenvalue weighted by molar-refractivity contribution is 7.90. The van der Waals surface area contributed by atoms with Crippen LogP contribution in [0, 0.1) is 0 Å². The van der Waals surface area contributed by atoms with Gasteiger partial charge in [0, 0.05) is 24.7 Å². The zero-order chi connectivity index (χ0) is 18.4. The van der Waals surface area contributed by atoms with Crippen LogP contribution in [-0.4, -0.2) is 26.7 Å². The summed E-state index contributed by atoms with van der Waals surface area (Å²) in [4.78, 5) is 16.2. The summed E-state index contributed by atoms with van der Waals surface area (Å²) in [6, 6.07) is 15.6. The molecule has 0 saturated heterocycles. The van der Waals surface area contributed by atoms with Gasteiger partial charge in [0.1, 0.15) is 5.84 Å². The smallest absolute Gasteiger partial charge is 0.262 e. The van der Waals surface area contributed by atoms with Crippen LogP contribution in [0.5, 0.6) is 0 Å². The zero-order valence-corrected chi connectivity index (χ0v) is 14.9. The Kier molecular flexibility index (Phi) is 5.48. The molecule has 0 radical (unpaired) electrons. The number of hydrogen-bond acceptors (Lipinski definition) is 4. The van der Waals surface area contributed by atoms with Gasteiger partial charge in [-0.25, -0.2) is 8.42 Å². The highest BCUT2D eigenvalue weighted by atomic mass is 32.2. The van der Waals surface area contributed by atoms with E-state index in [9.17, 15) is 13.2 Å². The average Bonchev–Trinajstić information content (AvgIpc) is 3.13. The average molecular weight is 369 g/mol. The SMILES string of the molecule is O=C(/C=C/c1ccccc1)Nc1cccc(S(=O)(=O)NC2=NCCC2)c1. The third-order valence-corrected chi connectivity index (χ3v) is 5.14. The molecule has 0 bridgehead atoms. The maximum absolute atomic E-state index is 12.4. The lowest BCUT2D eigenvalue weighted by Gasteiger charge is -2.09. The first-order valence-corrected chi connectivity index (χ1v) is 9.71. The molecule has 1 aliphatic heterocycles. The predicted octanol–water partition coefficient (Wildman–Crippen LogP) is 2.81. The lowest BCUT2D eigenvalue weighted by molar-refractivity contribution is -0.111. The van der Waals surface area contributed by atoms with Crippen LogP contribution in [-0.2, 0) is 14.8 Å². The van der Waals surface area contributed by atoms with E-state index >= 15 is 0 Å². The summed E-state index contributed by atoms with van der Waals surface area (Å²) in [6.45, 7) is 0.641. The molecule has 2 aromatic rings. The molecule has 0 saturated carbocycles. The van der Waals surface area contributed by atoms with E-state index in [0.717, 1.165) is 12.0 Å². The number of carbonyl (C=O) groups excluding carboxylic acids is 1. The van der Waals surface area contributed by atoms with Gasteiger partial charge in [0.25, 0.3) is 10.0 Å². The summed E-state index contributed by atoms with van der Waals surface area (Å²) in [7, 11) is -3.71. The number of nitrogens with one attached hydrogen (secondary N) is 2. The van der Waals surface area contributed by atoms with Crippen molar-refractivity contribution in [2.45, 2.75) is 17.7 Å². The van der Waals surface area contributed by atoms with Crippen molar-refractivity contribution in [1.29, 1.82) is 0 Å². The fourth-order valence-corrected chi connectivity index (χ4v) is 3.63. The van der Waals surface area contributed by atoms with Gasteiger partial charge in [-0.05, 0) is 36.3 Å². The predicted molar refractivity (Wildman–Crippen MR) is 102 cm³/mol. The number of carbonyl (C=O) groups is 1. The molecule has 6 nitrogen and oxygen atoms in total. The molecule has 0 fully saturated rings. The Balaban J connectivity index is 1.69. The summed E-state index contributed by atoms with van der Waals surface area (Å²) < 4.78 is 27.3. The molecule has 0 aliphatic carbocycles. The van der Waals surface area contributed by atoms with Crippen LogP contribution in [0.4, 0.5) is 5.69 Å². The molecule has 0 aromatic heterocycles. The molecular formula is C19H19N3O3S. The van der Waals surface area contributed by atoms with Gasteiger partial charge < -0.3 is 5.32 Å². The lowest BCUT2D eigenvalue weighted by Crippen LogP contribution is -2.29. The van der Waals surface area contributed by atoms with Crippen molar-refractivity contribution in [3.63, 3.8) is 0 Å². The van der Waals surface area contributed by atoms with E-state index < -0.39 is 10.0 Å². The number of hydrogen-bond donors (Lipinski definition) is 2. The summed E-state index contributed by atoms with van der Waals surface area (Å²) >= 11 is 0. The zero-order valence-electron chi connectivity index (χ0n) is 14.1. The monoisotopic (exact) mass is 369 g/mol. The quantitative estimate of drug-likeness (QED) is 0.795. The topological polar surface area (TPSA) is 87.6 Å². The number of benzene rings is 2. The molecule has 3 rings (SSSR count). The number of anilines is 1. The first kappa shape index (κ1) is 17.9. The number of aliphatic imine (C=N–C) groups is 1. The third kappa shape index (κ3) is 4.80. The summed E-state index contributed by atoms with van der Waals surface area (Å²) in [5, 5.41) is 2.67. The first-order chi connectivity index (χ1) is 12.5. The number of sulfonamides is 1. The molecule has 2 N–H and O–H groups in total. The van der Waals surface area contributed by atoms with Crippen molar-refractivity contribution in [3.8, 4) is 0 Å². The fraction of sp³-hybridized carbons (Fsp3) is 0.158. The second-order valence-electron chi connectivity index (χ2n) is 5.80. The normalized spacial score (nSPS) is 14.2. The minimum atomic E-state index is -3.71. The molecule has 1 aliphatic rings. The molecule has 2 aromatic carbocycles.